The lowest BCUT2D eigenvalue weighted by atomic mass is 10.1. The van der Waals surface area contributed by atoms with Crippen molar-refractivity contribution in [3.05, 3.63) is 29.6 Å². The van der Waals surface area contributed by atoms with E-state index in [9.17, 15) is 4.79 Å². The first-order valence-corrected chi connectivity index (χ1v) is 5.33. The van der Waals surface area contributed by atoms with Crippen molar-refractivity contribution in [1.82, 2.24) is 10.3 Å². The summed E-state index contributed by atoms with van der Waals surface area (Å²) in [6.45, 7) is 2.11. The Morgan fingerprint density at radius 2 is 2.47 bits per heavy atom. The Hall–Kier alpha value is -1.34. The smallest absolute Gasteiger partial charge is 0.216 e. The summed E-state index contributed by atoms with van der Waals surface area (Å²) in [5.74, 6) is 2.84. The molecule has 1 aromatic rings. The molecule has 0 saturated carbocycles. The Labute approximate surface area is 97.4 Å². The Kier molecular flexibility index (Phi) is 4.85. The van der Waals surface area contributed by atoms with Crippen molar-refractivity contribution in [2.45, 2.75) is 13.3 Å². The Balaban J connectivity index is 2.66. The summed E-state index contributed by atoms with van der Waals surface area (Å²) in [6.07, 6.45) is 2.44. The standard InChI is InChI=1S/C11H11BrN2O/c1-9(15)13-8-5-10-3-2-7-14-11(10)4-6-12/h2-3,7H,5,8H2,1H3,(H,13,15). The van der Waals surface area contributed by atoms with Crippen molar-refractivity contribution in [3.63, 3.8) is 0 Å². The number of halogens is 1. The molecule has 1 heterocycles. The number of nitrogens with zero attached hydrogens (tertiary/aromatic N) is 1. The Morgan fingerprint density at radius 1 is 1.67 bits per heavy atom. The molecule has 0 fully saturated rings. The van der Waals surface area contributed by atoms with Crippen LogP contribution in [0.15, 0.2) is 18.3 Å². The van der Waals surface area contributed by atoms with E-state index in [2.05, 4.69) is 37.0 Å². The van der Waals surface area contributed by atoms with Gasteiger partial charge in [-0.15, -0.1) is 0 Å². The maximum Gasteiger partial charge on any atom is 0.216 e. The quantitative estimate of drug-likeness (QED) is 0.842. The van der Waals surface area contributed by atoms with Crippen LogP contribution in [0.25, 0.3) is 0 Å². The van der Waals surface area contributed by atoms with Crippen molar-refractivity contribution < 1.29 is 4.79 Å². The molecule has 0 atom stereocenters. The Morgan fingerprint density at radius 3 is 3.13 bits per heavy atom. The van der Waals surface area contributed by atoms with Crippen LogP contribution >= 0.6 is 15.9 Å². The maximum atomic E-state index is 10.7. The predicted molar refractivity (Wildman–Crippen MR) is 62.4 cm³/mol. The highest BCUT2D eigenvalue weighted by atomic mass is 79.9. The van der Waals surface area contributed by atoms with Crippen molar-refractivity contribution in [2.75, 3.05) is 6.54 Å². The highest BCUT2D eigenvalue weighted by molar-refractivity contribution is 9.12. The number of hydrogen-bond donors (Lipinski definition) is 1. The summed E-state index contributed by atoms with van der Waals surface area (Å²) < 4.78 is 0. The lowest BCUT2D eigenvalue weighted by Crippen LogP contribution is -2.22. The van der Waals surface area contributed by atoms with Gasteiger partial charge in [-0.05, 0) is 28.8 Å². The van der Waals surface area contributed by atoms with E-state index in [1.165, 1.54) is 6.92 Å². The molecule has 0 bridgehead atoms. The summed E-state index contributed by atoms with van der Waals surface area (Å²) in [4.78, 5) is 17.5. The molecule has 0 aliphatic rings. The number of carbonyl (C=O) groups excluding carboxylic acids is 1. The number of carbonyl (C=O) groups is 1. The van der Waals surface area contributed by atoms with Gasteiger partial charge < -0.3 is 5.32 Å². The fourth-order valence-corrected chi connectivity index (χ4v) is 1.36. The zero-order valence-corrected chi connectivity index (χ0v) is 9.97. The molecule has 1 amide bonds. The third-order valence-electron chi connectivity index (χ3n) is 1.83. The summed E-state index contributed by atoms with van der Waals surface area (Å²) in [7, 11) is 0. The second kappa shape index (κ2) is 6.20. The number of hydrogen-bond acceptors (Lipinski definition) is 2. The molecule has 1 aromatic heterocycles. The molecule has 4 heteroatoms. The van der Waals surface area contributed by atoms with Crippen LogP contribution in [0.2, 0.25) is 0 Å². The molecule has 78 valence electrons. The van der Waals surface area contributed by atoms with Gasteiger partial charge in [0, 0.05) is 35.6 Å². The Bertz CT molecular complexity index is 407. The average molecular weight is 267 g/mol. The molecule has 15 heavy (non-hydrogen) atoms. The SMILES string of the molecule is CC(=O)NCCc1cccnc1C#CBr. The summed E-state index contributed by atoms with van der Waals surface area (Å²) in [5, 5.41) is 2.74. The van der Waals surface area contributed by atoms with Gasteiger partial charge in [0.2, 0.25) is 5.91 Å². The van der Waals surface area contributed by atoms with E-state index in [0.717, 1.165) is 17.7 Å². The second-order valence-electron chi connectivity index (χ2n) is 2.96. The van der Waals surface area contributed by atoms with Crippen LogP contribution < -0.4 is 5.32 Å². The molecule has 0 aliphatic heterocycles. The van der Waals surface area contributed by atoms with Crippen LogP contribution in [0.4, 0.5) is 0 Å². The van der Waals surface area contributed by atoms with Crippen LogP contribution in [-0.4, -0.2) is 17.4 Å². The maximum absolute atomic E-state index is 10.7. The van der Waals surface area contributed by atoms with Gasteiger partial charge in [-0.25, -0.2) is 4.98 Å². The zero-order chi connectivity index (χ0) is 11.1. The van der Waals surface area contributed by atoms with Crippen LogP contribution in [0.3, 0.4) is 0 Å². The molecule has 0 spiro atoms. The molecular formula is C11H11BrN2O. The highest BCUT2D eigenvalue weighted by Gasteiger charge is 2.00. The number of rotatable bonds is 3. The van der Waals surface area contributed by atoms with Crippen molar-refractivity contribution >= 4 is 21.8 Å². The normalized spacial score (nSPS) is 8.93. The first-order chi connectivity index (χ1) is 7.24. The van der Waals surface area contributed by atoms with Crippen molar-refractivity contribution in [3.8, 4) is 10.8 Å². The third kappa shape index (κ3) is 4.13. The van der Waals surface area contributed by atoms with E-state index < -0.39 is 0 Å². The highest BCUT2D eigenvalue weighted by Crippen LogP contribution is 2.04. The van der Waals surface area contributed by atoms with Crippen molar-refractivity contribution in [1.29, 1.82) is 0 Å². The van der Waals surface area contributed by atoms with Crippen LogP contribution in [-0.2, 0) is 11.2 Å². The third-order valence-corrected chi connectivity index (χ3v) is 2.02. The molecule has 0 radical (unpaired) electrons. The van der Waals surface area contributed by atoms with E-state index in [4.69, 9.17) is 0 Å². The van der Waals surface area contributed by atoms with Crippen LogP contribution in [0.1, 0.15) is 18.2 Å². The number of pyridine rings is 1. The van der Waals surface area contributed by atoms with Gasteiger partial charge in [0.15, 0.2) is 0 Å². The lowest BCUT2D eigenvalue weighted by molar-refractivity contribution is -0.118. The van der Waals surface area contributed by atoms with Gasteiger partial charge >= 0.3 is 0 Å². The molecule has 1 rings (SSSR count). The molecule has 0 aromatic carbocycles. The van der Waals surface area contributed by atoms with Gasteiger partial charge in [-0.1, -0.05) is 6.07 Å². The van der Waals surface area contributed by atoms with E-state index in [1.54, 1.807) is 6.20 Å². The van der Waals surface area contributed by atoms with E-state index in [-0.39, 0.29) is 5.91 Å². The monoisotopic (exact) mass is 266 g/mol. The number of aromatic nitrogens is 1. The topological polar surface area (TPSA) is 42.0 Å². The molecule has 0 unspecified atom stereocenters. The molecule has 1 N–H and O–H groups in total. The van der Waals surface area contributed by atoms with Gasteiger partial charge in [-0.2, -0.15) is 0 Å². The molecule has 0 aliphatic carbocycles. The fourth-order valence-electron chi connectivity index (χ4n) is 1.17. The average Bonchev–Trinajstić information content (AvgIpc) is 2.20. The predicted octanol–water partition coefficient (Wildman–Crippen LogP) is 1.46. The molecule has 3 nitrogen and oxygen atoms in total. The molecule has 0 saturated heterocycles. The van der Waals surface area contributed by atoms with Crippen LogP contribution in [0, 0.1) is 10.8 Å². The number of nitrogens with one attached hydrogen (secondary N) is 1. The summed E-state index contributed by atoms with van der Waals surface area (Å²) >= 11 is 3.04. The minimum Gasteiger partial charge on any atom is -0.356 e. The van der Waals surface area contributed by atoms with Crippen LogP contribution in [0.5, 0.6) is 0 Å². The zero-order valence-electron chi connectivity index (χ0n) is 8.38. The second-order valence-corrected chi connectivity index (χ2v) is 3.36. The van der Waals surface area contributed by atoms with E-state index in [1.807, 2.05) is 12.1 Å². The largest absolute Gasteiger partial charge is 0.356 e. The summed E-state index contributed by atoms with van der Waals surface area (Å²) in [5.41, 5.74) is 1.79. The van der Waals surface area contributed by atoms with Gasteiger partial charge in [0.1, 0.15) is 5.69 Å². The number of amides is 1. The minimum atomic E-state index is -0.0213. The summed E-state index contributed by atoms with van der Waals surface area (Å²) in [6, 6.07) is 3.82. The first-order valence-electron chi connectivity index (χ1n) is 4.54. The van der Waals surface area contributed by atoms with Crippen molar-refractivity contribution in [2.24, 2.45) is 0 Å². The van der Waals surface area contributed by atoms with E-state index in [0.29, 0.717) is 6.54 Å². The van der Waals surface area contributed by atoms with E-state index >= 15 is 0 Å². The van der Waals surface area contributed by atoms with Gasteiger partial charge in [-0.3, -0.25) is 4.79 Å². The van der Waals surface area contributed by atoms with Gasteiger partial charge in [0.05, 0.1) is 0 Å². The molecular weight excluding hydrogens is 256 g/mol. The lowest BCUT2D eigenvalue weighted by Gasteiger charge is -2.03. The fraction of sp³-hybridized carbons (Fsp3) is 0.273. The van der Waals surface area contributed by atoms with Gasteiger partial charge in [0.25, 0.3) is 0 Å². The minimum absolute atomic E-state index is 0.0213. The first kappa shape index (κ1) is 11.7.